The molecule has 0 bridgehead atoms. The van der Waals surface area contributed by atoms with Gasteiger partial charge in [0.2, 0.25) is 5.89 Å². The van der Waals surface area contributed by atoms with Crippen LogP contribution in [0.2, 0.25) is 0 Å². The molecule has 0 spiro atoms. The van der Waals surface area contributed by atoms with E-state index in [2.05, 4.69) is 22.4 Å². The Hall–Kier alpha value is -2.37. The van der Waals surface area contributed by atoms with Gasteiger partial charge in [-0.2, -0.15) is 4.98 Å². The number of unbranched alkanes of at least 4 members (excludes halogenated alkanes) is 8. The number of aryl methyl sites for hydroxylation is 3. The van der Waals surface area contributed by atoms with E-state index in [9.17, 15) is 4.79 Å². The van der Waals surface area contributed by atoms with E-state index in [0.717, 1.165) is 37.1 Å². The molecule has 2 aromatic rings. The number of nitrogens with one attached hydrogen (secondary N) is 1. The third-order valence-electron chi connectivity index (χ3n) is 5.11. The first-order valence-corrected chi connectivity index (χ1v) is 11.0. The lowest BCUT2D eigenvalue weighted by Gasteiger charge is -2.03. The van der Waals surface area contributed by atoms with E-state index in [1.807, 2.05) is 24.3 Å². The van der Waals surface area contributed by atoms with Gasteiger partial charge in [-0.1, -0.05) is 87.7 Å². The summed E-state index contributed by atoms with van der Waals surface area (Å²) in [5, 5.41) is 15.1. The van der Waals surface area contributed by atoms with Gasteiger partial charge in [0, 0.05) is 19.4 Å². The molecule has 1 aromatic heterocycles. The van der Waals surface area contributed by atoms with E-state index >= 15 is 0 Å². The standard InChI is InChI=1S/C23H35N3O3/c1-2-3-4-5-6-7-8-9-10-11-21-25-22(29-26-21)17-16-19-12-14-20(15-13-19)18-24-23(27)28/h12-15,24H,2-11,16-18H2,1H3,(H,27,28). The summed E-state index contributed by atoms with van der Waals surface area (Å²) in [6, 6.07) is 7.90. The van der Waals surface area contributed by atoms with Crippen molar-refractivity contribution in [2.45, 2.75) is 90.5 Å². The number of amides is 1. The molecule has 6 heteroatoms. The Labute approximate surface area is 174 Å². The van der Waals surface area contributed by atoms with E-state index in [0.29, 0.717) is 12.4 Å². The van der Waals surface area contributed by atoms with E-state index in [-0.39, 0.29) is 0 Å². The topological polar surface area (TPSA) is 88.2 Å². The average Bonchev–Trinajstić information content (AvgIpc) is 3.18. The van der Waals surface area contributed by atoms with Crippen molar-refractivity contribution in [3.05, 3.63) is 47.1 Å². The van der Waals surface area contributed by atoms with Gasteiger partial charge in [-0.3, -0.25) is 0 Å². The van der Waals surface area contributed by atoms with E-state index in [1.165, 1.54) is 56.9 Å². The van der Waals surface area contributed by atoms with Crippen molar-refractivity contribution in [3.63, 3.8) is 0 Å². The zero-order chi connectivity index (χ0) is 20.7. The van der Waals surface area contributed by atoms with Crippen LogP contribution in [0.15, 0.2) is 28.8 Å². The van der Waals surface area contributed by atoms with E-state index in [4.69, 9.17) is 9.63 Å². The molecule has 0 fully saturated rings. The molecular formula is C23H35N3O3. The highest BCUT2D eigenvalue weighted by atomic mass is 16.5. The molecule has 0 saturated heterocycles. The van der Waals surface area contributed by atoms with Crippen LogP contribution >= 0.6 is 0 Å². The fourth-order valence-corrected chi connectivity index (χ4v) is 3.34. The number of aromatic nitrogens is 2. The number of nitrogens with zero attached hydrogens (tertiary/aromatic N) is 2. The highest BCUT2D eigenvalue weighted by Crippen LogP contribution is 2.12. The highest BCUT2D eigenvalue weighted by Gasteiger charge is 2.07. The molecular weight excluding hydrogens is 366 g/mol. The lowest BCUT2D eigenvalue weighted by molar-refractivity contribution is 0.194. The molecule has 0 unspecified atom stereocenters. The zero-order valence-corrected chi connectivity index (χ0v) is 17.7. The van der Waals surface area contributed by atoms with Crippen molar-refractivity contribution in [1.82, 2.24) is 15.5 Å². The zero-order valence-electron chi connectivity index (χ0n) is 17.7. The Balaban J connectivity index is 1.58. The minimum absolute atomic E-state index is 0.321. The van der Waals surface area contributed by atoms with Gasteiger partial charge in [0.25, 0.3) is 0 Å². The average molecular weight is 402 g/mol. The first-order chi connectivity index (χ1) is 14.2. The van der Waals surface area contributed by atoms with Crippen LogP contribution in [0.1, 0.15) is 87.6 Å². The van der Waals surface area contributed by atoms with Crippen molar-refractivity contribution in [2.75, 3.05) is 0 Å². The normalized spacial score (nSPS) is 10.9. The fourth-order valence-electron chi connectivity index (χ4n) is 3.34. The summed E-state index contributed by atoms with van der Waals surface area (Å²) in [5.41, 5.74) is 2.11. The molecule has 0 saturated carbocycles. The second-order valence-electron chi connectivity index (χ2n) is 7.66. The molecule has 29 heavy (non-hydrogen) atoms. The van der Waals surface area contributed by atoms with Crippen LogP contribution in [0, 0.1) is 0 Å². The first-order valence-electron chi connectivity index (χ1n) is 11.0. The summed E-state index contributed by atoms with van der Waals surface area (Å²) in [5.74, 6) is 1.51. The van der Waals surface area contributed by atoms with Gasteiger partial charge in [-0.25, -0.2) is 4.79 Å². The molecule has 0 aliphatic heterocycles. The molecule has 160 valence electrons. The van der Waals surface area contributed by atoms with Gasteiger partial charge in [0.1, 0.15) is 0 Å². The molecule has 0 atom stereocenters. The second-order valence-corrected chi connectivity index (χ2v) is 7.66. The van der Waals surface area contributed by atoms with Gasteiger partial charge in [0.05, 0.1) is 0 Å². The van der Waals surface area contributed by atoms with Gasteiger partial charge < -0.3 is 14.9 Å². The SMILES string of the molecule is CCCCCCCCCCCc1noc(CCc2ccc(CNC(=O)O)cc2)n1. The first kappa shape index (κ1) is 22.9. The second kappa shape index (κ2) is 13.7. The Morgan fingerprint density at radius 3 is 2.17 bits per heavy atom. The van der Waals surface area contributed by atoms with Gasteiger partial charge in [-0.05, 0) is 24.0 Å². The number of carbonyl (C=O) groups is 1. The molecule has 0 radical (unpaired) electrons. The number of carboxylic acid groups (broad SMARTS) is 1. The number of benzene rings is 1. The van der Waals surface area contributed by atoms with Crippen LogP contribution in [0.5, 0.6) is 0 Å². The Morgan fingerprint density at radius 2 is 1.52 bits per heavy atom. The molecule has 0 aliphatic rings. The molecule has 1 aromatic carbocycles. The third-order valence-corrected chi connectivity index (χ3v) is 5.11. The minimum atomic E-state index is -1.01. The van der Waals surface area contributed by atoms with Crippen LogP contribution < -0.4 is 5.32 Å². The summed E-state index contributed by atoms with van der Waals surface area (Å²) >= 11 is 0. The third kappa shape index (κ3) is 10.1. The minimum Gasteiger partial charge on any atom is -0.465 e. The van der Waals surface area contributed by atoms with Crippen molar-refractivity contribution >= 4 is 6.09 Å². The van der Waals surface area contributed by atoms with Crippen LogP contribution in [0.25, 0.3) is 0 Å². The predicted molar refractivity (Wildman–Crippen MR) is 114 cm³/mol. The molecule has 1 heterocycles. The Bertz CT molecular complexity index is 698. The maximum absolute atomic E-state index is 10.5. The summed E-state index contributed by atoms with van der Waals surface area (Å²) in [6.07, 6.45) is 13.2. The predicted octanol–water partition coefficient (Wildman–Crippen LogP) is 5.70. The maximum atomic E-state index is 10.5. The van der Waals surface area contributed by atoms with E-state index < -0.39 is 6.09 Å². The van der Waals surface area contributed by atoms with Crippen LogP contribution in [-0.2, 0) is 25.8 Å². The van der Waals surface area contributed by atoms with E-state index in [1.54, 1.807) is 0 Å². The van der Waals surface area contributed by atoms with Crippen molar-refractivity contribution in [1.29, 1.82) is 0 Å². The number of hydrogen-bond donors (Lipinski definition) is 2. The number of rotatable bonds is 15. The molecule has 6 nitrogen and oxygen atoms in total. The summed E-state index contributed by atoms with van der Waals surface area (Å²) in [6.45, 7) is 2.58. The summed E-state index contributed by atoms with van der Waals surface area (Å²) < 4.78 is 5.37. The fraction of sp³-hybridized carbons (Fsp3) is 0.609. The van der Waals surface area contributed by atoms with Crippen LogP contribution in [0.4, 0.5) is 4.79 Å². The summed E-state index contributed by atoms with van der Waals surface area (Å²) in [7, 11) is 0. The Morgan fingerprint density at radius 1 is 0.897 bits per heavy atom. The lowest BCUT2D eigenvalue weighted by Crippen LogP contribution is -2.19. The molecule has 1 amide bonds. The maximum Gasteiger partial charge on any atom is 0.404 e. The monoisotopic (exact) mass is 401 g/mol. The highest BCUT2D eigenvalue weighted by molar-refractivity contribution is 5.64. The van der Waals surface area contributed by atoms with Crippen molar-refractivity contribution < 1.29 is 14.4 Å². The largest absolute Gasteiger partial charge is 0.465 e. The Kier molecular flexibility index (Phi) is 10.9. The number of hydrogen-bond acceptors (Lipinski definition) is 4. The van der Waals surface area contributed by atoms with Gasteiger partial charge in [-0.15, -0.1) is 0 Å². The smallest absolute Gasteiger partial charge is 0.404 e. The lowest BCUT2D eigenvalue weighted by atomic mass is 10.1. The molecule has 0 aliphatic carbocycles. The quantitative estimate of drug-likeness (QED) is 0.374. The van der Waals surface area contributed by atoms with Gasteiger partial charge in [0.15, 0.2) is 5.82 Å². The van der Waals surface area contributed by atoms with Crippen molar-refractivity contribution in [2.24, 2.45) is 0 Å². The van der Waals surface area contributed by atoms with Gasteiger partial charge >= 0.3 is 6.09 Å². The molecule has 2 N–H and O–H groups in total. The van der Waals surface area contributed by atoms with Crippen LogP contribution in [-0.4, -0.2) is 21.3 Å². The van der Waals surface area contributed by atoms with Crippen LogP contribution in [0.3, 0.4) is 0 Å². The molecule has 2 rings (SSSR count). The van der Waals surface area contributed by atoms with Crippen molar-refractivity contribution in [3.8, 4) is 0 Å². The summed E-state index contributed by atoms with van der Waals surface area (Å²) in [4.78, 5) is 15.0.